The zero-order valence-electron chi connectivity index (χ0n) is 9.08. The van der Waals surface area contributed by atoms with Gasteiger partial charge in [-0.3, -0.25) is 19.8 Å². The second-order valence-corrected chi connectivity index (χ2v) is 4.11. The minimum Gasteiger partial charge on any atom is -0.277 e. The summed E-state index contributed by atoms with van der Waals surface area (Å²) in [6, 6.07) is -0.583. The molecule has 1 saturated heterocycles. The van der Waals surface area contributed by atoms with Gasteiger partial charge in [0.15, 0.2) is 0 Å². The molecule has 1 N–H and O–H groups in total. The van der Waals surface area contributed by atoms with Gasteiger partial charge in [0.25, 0.3) is 0 Å². The average Bonchev–Trinajstić information content (AvgIpc) is 2.08. The fourth-order valence-corrected chi connectivity index (χ4v) is 1.46. The van der Waals surface area contributed by atoms with Gasteiger partial charge in [0, 0.05) is 6.54 Å². The molecule has 0 aromatic heterocycles. The van der Waals surface area contributed by atoms with E-state index in [2.05, 4.69) is 19.2 Å². The maximum absolute atomic E-state index is 11.3. The number of urea groups is 1. The van der Waals surface area contributed by atoms with Crippen LogP contribution in [0.15, 0.2) is 0 Å². The number of rotatable bonds is 4. The summed E-state index contributed by atoms with van der Waals surface area (Å²) in [4.78, 5) is 34.5. The number of imide groups is 2. The molecular formula is C10H16N2O3. The third-order valence-corrected chi connectivity index (χ3v) is 2.27. The molecule has 0 atom stereocenters. The van der Waals surface area contributed by atoms with Crippen LogP contribution in [0.1, 0.15) is 33.1 Å². The number of amides is 4. The molecule has 0 radical (unpaired) electrons. The van der Waals surface area contributed by atoms with Gasteiger partial charge in [-0.15, -0.1) is 0 Å². The molecule has 5 heteroatoms. The molecule has 0 saturated carbocycles. The van der Waals surface area contributed by atoms with Crippen LogP contribution in [0.2, 0.25) is 0 Å². The van der Waals surface area contributed by atoms with Gasteiger partial charge in [-0.1, -0.05) is 13.8 Å². The molecule has 1 aliphatic heterocycles. The van der Waals surface area contributed by atoms with Crippen LogP contribution >= 0.6 is 0 Å². The lowest BCUT2D eigenvalue weighted by Gasteiger charge is -2.24. The Balaban J connectivity index is 2.43. The molecule has 1 heterocycles. The normalized spacial score (nSPS) is 17.3. The molecule has 5 nitrogen and oxygen atoms in total. The van der Waals surface area contributed by atoms with Crippen molar-refractivity contribution in [3.63, 3.8) is 0 Å². The number of barbiturate groups is 1. The van der Waals surface area contributed by atoms with Crippen molar-refractivity contribution < 1.29 is 14.4 Å². The van der Waals surface area contributed by atoms with Gasteiger partial charge in [0.2, 0.25) is 11.8 Å². The van der Waals surface area contributed by atoms with Gasteiger partial charge in [0.1, 0.15) is 6.42 Å². The average molecular weight is 212 g/mol. The van der Waals surface area contributed by atoms with Crippen LogP contribution in [0.4, 0.5) is 4.79 Å². The van der Waals surface area contributed by atoms with Gasteiger partial charge in [0.05, 0.1) is 0 Å². The van der Waals surface area contributed by atoms with E-state index in [0.717, 1.165) is 17.7 Å². The van der Waals surface area contributed by atoms with Gasteiger partial charge in [-0.05, 0) is 18.8 Å². The molecule has 84 valence electrons. The van der Waals surface area contributed by atoms with Crippen LogP contribution in [0, 0.1) is 5.92 Å². The van der Waals surface area contributed by atoms with Crippen LogP contribution in [-0.2, 0) is 9.59 Å². The zero-order chi connectivity index (χ0) is 11.4. The lowest BCUT2D eigenvalue weighted by molar-refractivity contribution is -0.136. The van der Waals surface area contributed by atoms with Gasteiger partial charge < -0.3 is 0 Å². The monoisotopic (exact) mass is 212 g/mol. The predicted octanol–water partition coefficient (Wildman–Crippen LogP) is 0.891. The first-order chi connectivity index (χ1) is 7.00. The fraction of sp³-hybridized carbons (Fsp3) is 0.700. The third-order valence-electron chi connectivity index (χ3n) is 2.27. The van der Waals surface area contributed by atoms with Crippen molar-refractivity contribution in [1.82, 2.24) is 10.2 Å². The first kappa shape index (κ1) is 11.7. The lowest BCUT2D eigenvalue weighted by Crippen LogP contribution is -2.52. The minimum absolute atomic E-state index is 0.215. The van der Waals surface area contributed by atoms with Crippen LogP contribution in [0.3, 0.4) is 0 Å². The van der Waals surface area contributed by atoms with Crippen molar-refractivity contribution in [3.05, 3.63) is 0 Å². The molecule has 1 aliphatic rings. The maximum atomic E-state index is 11.3. The van der Waals surface area contributed by atoms with Crippen LogP contribution < -0.4 is 5.32 Å². The van der Waals surface area contributed by atoms with Crippen molar-refractivity contribution in [2.24, 2.45) is 5.92 Å². The topological polar surface area (TPSA) is 66.5 Å². The van der Waals surface area contributed by atoms with Crippen LogP contribution in [0.5, 0.6) is 0 Å². The standard InChI is InChI=1S/C10H16N2O3/c1-7(2)4-3-5-12-9(14)6-8(13)11-10(12)15/h7H,3-6H2,1-2H3,(H,11,13,15). The second-order valence-electron chi connectivity index (χ2n) is 4.11. The third kappa shape index (κ3) is 3.34. The first-order valence-electron chi connectivity index (χ1n) is 5.15. The van der Waals surface area contributed by atoms with E-state index in [1.807, 2.05) is 0 Å². The zero-order valence-corrected chi connectivity index (χ0v) is 9.08. The Hall–Kier alpha value is -1.39. The number of carbonyl (C=O) groups is 3. The highest BCUT2D eigenvalue weighted by atomic mass is 16.2. The SMILES string of the molecule is CC(C)CCCN1C(=O)CC(=O)NC1=O. The summed E-state index contributed by atoms with van der Waals surface area (Å²) in [7, 11) is 0. The molecule has 0 aromatic carbocycles. The number of carbonyl (C=O) groups excluding carboxylic acids is 3. The summed E-state index contributed by atoms with van der Waals surface area (Å²) in [5.41, 5.74) is 0. The summed E-state index contributed by atoms with van der Waals surface area (Å²) in [6.07, 6.45) is 1.53. The predicted molar refractivity (Wildman–Crippen MR) is 53.9 cm³/mol. The molecule has 0 unspecified atom stereocenters. The van der Waals surface area contributed by atoms with E-state index >= 15 is 0 Å². The number of hydrogen-bond donors (Lipinski definition) is 1. The summed E-state index contributed by atoms with van der Waals surface area (Å²) in [5, 5.41) is 2.13. The quantitative estimate of drug-likeness (QED) is 0.704. The van der Waals surface area contributed by atoms with E-state index in [-0.39, 0.29) is 6.42 Å². The Morgan fingerprint density at radius 1 is 1.33 bits per heavy atom. The number of nitrogens with one attached hydrogen (secondary N) is 1. The molecule has 1 fully saturated rings. The van der Waals surface area contributed by atoms with Crippen LogP contribution in [0.25, 0.3) is 0 Å². The van der Waals surface area contributed by atoms with Crippen molar-refractivity contribution >= 4 is 17.8 Å². The van der Waals surface area contributed by atoms with E-state index in [1.165, 1.54) is 0 Å². The number of hydrogen-bond acceptors (Lipinski definition) is 3. The van der Waals surface area contributed by atoms with Crippen molar-refractivity contribution in [1.29, 1.82) is 0 Å². The Morgan fingerprint density at radius 2 is 2.00 bits per heavy atom. The lowest BCUT2D eigenvalue weighted by atomic mass is 10.1. The molecule has 0 aromatic rings. The Bertz CT molecular complexity index is 266. The molecule has 1 rings (SSSR count). The molecule has 15 heavy (non-hydrogen) atoms. The van der Waals surface area contributed by atoms with Crippen molar-refractivity contribution in [2.75, 3.05) is 6.54 Å². The van der Waals surface area contributed by atoms with Crippen molar-refractivity contribution in [3.8, 4) is 0 Å². The van der Waals surface area contributed by atoms with E-state index in [4.69, 9.17) is 0 Å². The summed E-state index contributed by atoms with van der Waals surface area (Å²) < 4.78 is 0. The fourth-order valence-electron chi connectivity index (χ4n) is 1.46. The highest BCUT2D eigenvalue weighted by Gasteiger charge is 2.29. The van der Waals surface area contributed by atoms with E-state index in [0.29, 0.717) is 12.5 Å². The molecule has 4 amide bonds. The summed E-state index contributed by atoms with van der Waals surface area (Å²) >= 11 is 0. The molecular weight excluding hydrogens is 196 g/mol. The Kier molecular flexibility index (Phi) is 3.82. The summed E-state index contributed by atoms with van der Waals surface area (Å²) in [5.74, 6) is -0.354. The Morgan fingerprint density at radius 3 is 2.53 bits per heavy atom. The van der Waals surface area contributed by atoms with Gasteiger partial charge >= 0.3 is 6.03 Å². The largest absolute Gasteiger partial charge is 0.330 e. The maximum Gasteiger partial charge on any atom is 0.330 e. The highest BCUT2D eigenvalue weighted by Crippen LogP contribution is 2.08. The number of nitrogens with zero attached hydrogens (tertiary/aromatic N) is 1. The van der Waals surface area contributed by atoms with E-state index in [9.17, 15) is 14.4 Å². The van der Waals surface area contributed by atoms with Gasteiger partial charge in [-0.25, -0.2) is 4.79 Å². The molecule has 0 spiro atoms. The van der Waals surface area contributed by atoms with E-state index < -0.39 is 17.8 Å². The van der Waals surface area contributed by atoms with E-state index in [1.54, 1.807) is 0 Å². The second kappa shape index (κ2) is 4.91. The Labute approximate surface area is 88.8 Å². The first-order valence-corrected chi connectivity index (χ1v) is 5.15. The highest BCUT2D eigenvalue weighted by molar-refractivity contribution is 6.14. The molecule has 0 aliphatic carbocycles. The van der Waals surface area contributed by atoms with Crippen molar-refractivity contribution in [2.45, 2.75) is 33.1 Å². The van der Waals surface area contributed by atoms with Crippen LogP contribution in [-0.4, -0.2) is 29.3 Å². The summed E-state index contributed by atoms with van der Waals surface area (Å²) in [6.45, 7) is 4.57. The minimum atomic E-state index is -0.583. The molecule has 0 bridgehead atoms. The van der Waals surface area contributed by atoms with Gasteiger partial charge in [-0.2, -0.15) is 0 Å². The smallest absolute Gasteiger partial charge is 0.277 e.